The molecule has 0 aliphatic rings. The fourth-order valence-corrected chi connectivity index (χ4v) is 3.71. The zero-order valence-electron chi connectivity index (χ0n) is 10.5. The lowest BCUT2D eigenvalue weighted by molar-refractivity contribution is 0.319. The third-order valence-corrected chi connectivity index (χ3v) is 5.61. The minimum atomic E-state index is -3.38. The van der Waals surface area contributed by atoms with Crippen molar-refractivity contribution in [2.45, 2.75) is 11.4 Å². The average Bonchev–Trinajstić information content (AvgIpc) is 2.83. The van der Waals surface area contributed by atoms with Crippen LogP contribution in [-0.2, 0) is 16.4 Å². The summed E-state index contributed by atoms with van der Waals surface area (Å²) in [5.74, 6) is -0.256. The van der Waals surface area contributed by atoms with E-state index >= 15 is 0 Å². The third-order valence-electron chi connectivity index (χ3n) is 2.67. The summed E-state index contributed by atoms with van der Waals surface area (Å²) in [4.78, 5) is 1.32. The number of hydrogen-bond acceptors (Lipinski definition) is 5. The molecule has 108 valence electrons. The summed E-state index contributed by atoms with van der Waals surface area (Å²) in [6.07, 6.45) is 0. The highest BCUT2D eigenvalue weighted by Gasteiger charge is 2.12. The first-order valence-corrected chi connectivity index (χ1v) is 8.78. The zero-order valence-corrected chi connectivity index (χ0v) is 12.9. The van der Waals surface area contributed by atoms with Crippen LogP contribution in [0.1, 0.15) is 4.88 Å². The van der Waals surface area contributed by atoms with E-state index in [-0.39, 0.29) is 17.3 Å². The summed E-state index contributed by atoms with van der Waals surface area (Å²) in [5, 5.41) is 11.9. The van der Waals surface area contributed by atoms with Gasteiger partial charge in [-0.25, -0.2) is 8.42 Å². The van der Waals surface area contributed by atoms with Crippen LogP contribution in [0, 0.1) is 0 Å². The second-order valence-electron chi connectivity index (χ2n) is 4.13. The van der Waals surface area contributed by atoms with Gasteiger partial charge in [-0.1, -0.05) is 11.6 Å². The predicted octanol–water partition coefficient (Wildman–Crippen LogP) is 2.78. The molecule has 7 heteroatoms. The smallest absolute Gasteiger partial charge is 0.180 e. The Kier molecular flexibility index (Phi) is 5.04. The summed E-state index contributed by atoms with van der Waals surface area (Å²) < 4.78 is 24.2. The van der Waals surface area contributed by atoms with Crippen LogP contribution in [0.4, 0.5) is 5.69 Å². The first kappa shape index (κ1) is 15.3. The van der Waals surface area contributed by atoms with Crippen molar-refractivity contribution in [3.05, 3.63) is 45.6 Å². The molecule has 1 heterocycles. The molecule has 0 amide bonds. The first-order valence-electron chi connectivity index (χ1n) is 5.93. The van der Waals surface area contributed by atoms with E-state index in [1.165, 1.54) is 23.5 Å². The van der Waals surface area contributed by atoms with Gasteiger partial charge in [0.15, 0.2) is 9.84 Å². The Morgan fingerprint density at radius 3 is 2.40 bits per heavy atom. The number of benzene rings is 1. The molecule has 0 unspecified atom stereocenters. The molecule has 0 atom stereocenters. The molecule has 0 bridgehead atoms. The first-order chi connectivity index (χ1) is 9.51. The van der Waals surface area contributed by atoms with Gasteiger partial charge < -0.3 is 10.4 Å². The molecular formula is C13H14ClNO3S2. The molecule has 0 aliphatic heterocycles. The molecule has 0 fully saturated rings. The van der Waals surface area contributed by atoms with E-state index in [1.807, 2.05) is 12.1 Å². The molecule has 0 aliphatic carbocycles. The van der Waals surface area contributed by atoms with Gasteiger partial charge in [0.05, 0.1) is 21.6 Å². The van der Waals surface area contributed by atoms with E-state index in [0.717, 1.165) is 14.9 Å². The normalized spacial score (nSPS) is 11.5. The Balaban J connectivity index is 2.01. The maximum Gasteiger partial charge on any atom is 0.180 e. The molecule has 20 heavy (non-hydrogen) atoms. The summed E-state index contributed by atoms with van der Waals surface area (Å²) in [6.45, 7) is 0.265. The van der Waals surface area contributed by atoms with Gasteiger partial charge in [-0.15, -0.1) is 11.3 Å². The highest BCUT2D eigenvalue weighted by Crippen LogP contribution is 2.22. The van der Waals surface area contributed by atoms with Crippen molar-refractivity contribution in [1.82, 2.24) is 0 Å². The molecule has 2 rings (SSSR count). The topological polar surface area (TPSA) is 66.4 Å². The summed E-state index contributed by atoms with van der Waals surface area (Å²) in [7, 11) is -3.38. The van der Waals surface area contributed by atoms with Crippen molar-refractivity contribution in [2.75, 3.05) is 17.7 Å². The van der Waals surface area contributed by atoms with Gasteiger partial charge in [0.1, 0.15) is 0 Å². The molecule has 4 nitrogen and oxygen atoms in total. The van der Waals surface area contributed by atoms with Gasteiger partial charge in [-0.3, -0.25) is 0 Å². The minimum Gasteiger partial charge on any atom is -0.395 e. The number of sulfone groups is 1. The summed E-state index contributed by atoms with van der Waals surface area (Å²) >= 11 is 7.35. The lowest BCUT2D eigenvalue weighted by atomic mass is 10.3. The zero-order chi connectivity index (χ0) is 14.6. The van der Waals surface area contributed by atoms with Crippen LogP contribution in [0.2, 0.25) is 4.34 Å². The Hall–Kier alpha value is -1.08. The Labute approximate surface area is 126 Å². The Bertz CT molecular complexity index is 665. The molecule has 2 N–H and O–H groups in total. The number of nitrogens with one attached hydrogen (secondary N) is 1. The molecular weight excluding hydrogens is 318 g/mol. The third kappa shape index (κ3) is 3.96. The van der Waals surface area contributed by atoms with Crippen molar-refractivity contribution in [3.8, 4) is 0 Å². The molecule has 0 radical (unpaired) electrons. The van der Waals surface area contributed by atoms with E-state index in [4.69, 9.17) is 16.7 Å². The van der Waals surface area contributed by atoms with Crippen molar-refractivity contribution in [3.63, 3.8) is 0 Å². The Morgan fingerprint density at radius 1 is 1.15 bits per heavy atom. The quantitative estimate of drug-likeness (QED) is 0.854. The van der Waals surface area contributed by atoms with Crippen molar-refractivity contribution < 1.29 is 13.5 Å². The summed E-state index contributed by atoms with van der Waals surface area (Å²) in [6, 6.07) is 10.3. The molecule has 0 saturated heterocycles. The van der Waals surface area contributed by atoms with Crippen molar-refractivity contribution in [2.24, 2.45) is 0 Å². The molecule has 0 saturated carbocycles. The van der Waals surface area contributed by atoms with E-state index < -0.39 is 9.84 Å². The van der Waals surface area contributed by atoms with Gasteiger partial charge in [0, 0.05) is 17.1 Å². The standard InChI is InChI=1S/C13H14ClNO3S2/c14-13-6-3-11(19-13)9-15-10-1-4-12(5-2-10)20(17,18)8-7-16/h1-6,15-16H,7-9H2. The van der Waals surface area contributed by atoms with Crippen LogP contribution in [0.15, 0.2) is 41.3 Å². The molecule has 1 aromatic carbocycles. The van der Waals surface area contributed by atoms with Crippen LogP contribution in [0.3, 0.4) is 0 Å². The van der Waals surface area contributed by atoms with Gasteiger partial charge in [-0.05, 0) is 36.4 Å². The van der Waals surface area contributed by atoms with E-state index in [0.29, 0.717) is 6.54 Å². The number of thiophene rings is 1. The molecule has 2 aromatic rings. The van der Waals surface area contributed by atoms with Crippen LogP contribution in [0.25, 0.3) is 0 Å². The second-order valence-corrected chi connectivity index (χ2v) is 8.04. The highest BCUT2D eigenvalue weighted by molar-refractivity contribution is 7.91. The van der Waals surface area contributed by atoms with Gasteiger partial charge in [0.2, 0.25) is 0 Å². The van der Waals surface area contributed by atoms with Gasteiger partial charge in [0.25, 0.3) is 0 Å². The van der Waals surface area contributed by atoms with Gasteiger partial charge >= 0.3 is 0 Å². The number of halogens is 1. The van der Waals surface area contributed by atoms with E-state index in [1.54, 1.807) is 12.1 Å². The lowest BCUT2D eigenvalue weighted by Crippen LogP contribution is -2.10. The van der Waals surface area contributed by atoms with Crippen LogP contribution in [0.5, 0.6) is 0 Å². The monoisotopic (exact) mass is 331 g/mol. The van der Waals surface area contributed by atoms with Crippen LogP contribution < -0.4 is 5.32 Å². The van der Waals surface area contributed by atoms with Crippen molar-refractivity contribution in [1.29, 1.82) is 0 Å². The Morgan fingerprint density at radius 2 is 1.85 bits per heavy atom. The fraction of sp³-hybridized carbons (Fsp3) is 0.231. The number of anilines is 1. The maximum absolute atomic E-state index is 11.7. The highest BCUT2D eigenvalue weighted by atomic mass is 35.5. The number of aliphatic hydroxyl groups excluding tert-OH is 1. The molecule has 1 aromatic heterocycles. The number of hydrogen-bond donors (Lipinski definition) is 2. The summed E-state index contributed by atoms with van der Waals surface area (Å²) in [5.41, 5.74) is 0.831. The molecule has 0 spiro atoms. The van der Waals surface area contributed by atoms with Gasteiger partial charge in [-0.2, -0.15) is 0 Å². The van der Waals surface area contributed by atoms with E-state index in [2.05, 4.69) is 5.32 Å². The lowest BCUT2D eigenvalue weighted by Gasteiger charge is -2.07. The fourth-order valence-electron chi connectivity index (χ4n) is 1.65. The largest absolute Gasteiger partial charge is 0.395 e. The predicted molar refractivity (Wildman–Crippen MR) is 82.2 cm³/mol. The van der Waals surface area contributed by atoms with Crippen LogP contribution >= 0.6 is 22.9 Å². The second kappa shape index (κ2) is 6.58. The van der Waals surface area contributed by atoms with Crippen LogP contribution in [-0.4, -0.2) is 25.9 Å². The number of aliphatic hydroxyl groups is 1. The maximum atomic E-state index is 11.7. The van der Waals surface area contributed by atoms with E-state index in [9.17, 15) is 8.42 Å². The minimum absolute atomic E-state index is 0.219. The number of rotatable bonds is 6. The SMILES string of the molecule is O=S(=O)(CCO)c1ccc(NCc2ccc(Cl)s2)cc1. The van der Waals surface area contributed by atoms with Crippen molar-refractivity contribution >= 4 is 38.5 Å². The average molecular weight is 332 g/mol.